The molecule has 0 aromatic carbocycles. The predicted octanol–water partition coefficient (Wildman–Crippen LogP) is 3.06. The first-order chi connectivity index (χ1) is 8.32. The van der Waals surface area contributed by atoms with Crippen molar-refractivity contribution in [2.75, 3.05) is 12.4 Å². The fourth-order valence-corrected chi connectivity index (χ4v) is 3.04. The van der Waals surface area contributed by atoms with Crippen LogP contribution in [0.15, 0.2) is 11.4 Å². The van der Waals surface area contributed by atoms with Crippen LogP contribution in [0.4, 0.5) is 5.69 Å². The third-order valence-electron chi connectivity index (χ3n) is 3.04. The lowest BCUT2D eigenvalue weighted by atomic mass is 10.1. The molecular formula is C11H11Cl2NO3S. The molecule has 1 N–H and O–H groups in total. The summed E-state index contributed by atoms with van der Waals surface area (Å²) in [5.74, 6) is -0.777. The largest absolute Gasteiger partial charge is 0.465 e. The van der Waals surface area contributed by atoms with Gasteiger partial charge < -0.3 is 10.1 Å². The molecule has 0 aliphatic heterocycles. The Bertz CT molecular complexity index is 514. The summed E-state index contributed by atoms with van der Waals surface area (Å²) >= 11 is 13.1. The number of halogens is 2. The molecule has 1 atom stereocenters. The van der Waals surface area contributed by atoms with Crippen LogP contribution in [0, 0.1) is 5.41 Å². The van der Waals surface area contributed by atoms with Crippen LogP contribution >= 0.6 is 34.5 Å². The smallest absolute Gasteiger partial charge is 0.350 e. The summed E-state index contributed by atoms with van der Waals surface area (Å²) in [6.45, 7) is 1.69. The van der Waals surface area contributed by atoms with Crippen LogP contribution in [0.2, 0.25) is 0 Å². The topological polar surface area (TPSA) is 55.4 Å². The van der Waals surface area contributed by atoms with Gasteiger partial charge in [0, 0.05) is 0 Å². The number of methoxy groups -OCH3 is 1. The summed E-state index contributed by atoms with van der Waals surface area (Å²) in [5, 5.41) is 4.37. The Morgan fingerprint density at radius 1 is 1.50 bits per heavy atom. The highest BCUT2D eigenvalue weighted by Crippen LogP contribution is 2.64. The Kier molecular flexibility index (Phi) is 3.34. The zero-order valence-electron chi connectivity index (χ0n) is 9.75. The highest BCUT2D eigenvalue weighted by atomic mass is 35.5. The normalized spacial score (nSPS) is 24.4. The lowest BCUT2D eigenvalue weighted by Crippen LogP contribution is -2.26. The average molecular weight is 308 g/mol. The lowest BCUT2D eigenvalue weighted by molar-refractivity contribution is -0.120. The van der Waals surface area contributed by atoms with E-state index in [1.165, 1.54) is 18.4 Å². The van der Waals surface area contributed by atoms with Gasteiger partial charge in [0.15, 0.2) is 0 Å². The maximum atomic E-state index is 12.0. The number of hydrogen-bond donors (Lipinski definition) is 1. The maximum Gasteiger partial charge on any atom is 0.350 e. The average Bonchev–Trinajstić information content (AvgIpc) is 2.66. The number of hydrogen-bond acceptors (Lipinski definition) is 4. The minimum atomic E-state index is -1.03. The molecule has 1 aliphatic rings. The summed E-state index contributed by atoms with van der Waals surface area (Å²) in [5.41, 5.74) is -0.389. The highest BCUT2D eigenvalue weighted by molar-refractivity contribution is 7.12. The molecule has 1 aromatic heterocycles. The van der Waals surface area contributed by atoms with Gasteiger partial charge in [0.1, 0.15) is 9.21 Å². The van der Waals surface area contributed by atoms with Crippen molar-refractivity contribution in [1.82, 2.24) is 0 Å². The molecule has 18 heavy (non-hydrogen) atoms. The SMILES string of the molecule is COC(=O)c1sccc1NC(=O)[C@@]1(C)CC1(Cl)Cl. The fourth-order valence-electron chi connectivity index (χ4n) is 1.56. The number of anilines is 1. The zero-order chi connectivity index (χ0) is 13.6. The van der Waals surface area contributed by atoms with Crippen LogP contribution in [0.3, 0.4) is 0 Å². The summed E-state index contributed by atoms with van der Waals surface area (Å²) in [7, 11) is 1.29. The minimum Gasteiger partial charge on any atom is -0.465 e. The van der Waals surface area contributed by atoms with E-state index in [-0.39, 0.29) is 5.91 Å². The van der Waals surface area contributed by atoms with Gasteiger partial charge in [-0.15, -0.1) is 34.5 Å². The van der Waals surface area contributed by atoms with Gasteiger partial charge in [-0.05, 0) is 24.8 Å². The van der Waals surface area contributed by atoms with Crippen LogP contribution in [0.5, 0.6) is 0 Å². The van der Waals surface area contributed by atoms with Crippen molar-refractivity contribution in [3.8, 4) is 0 Å². The van der Waals surface area contributed by atoms with E-state index in [9.17, 15) is 9.59 Å². The number of esters is 1. The molecule has 0 bridgehead atoms. The first-order valence-electron chi connectivity index (χ1n) is 5.17. The number of thiophene rings is 1. The second kappa shape index (κ2) is 4.40. The minimum absolute atomic E-state index is 0.295. The summed E-state index contributed by atoms with van der Waals surface area (Å²) in [4.78, 5) is 23.9. The van der Waals surface area contributed by atoms with Crippen LogP contribution in [-0.2, 0) is 9.53 Å². The summed E-state index contributed by atoms with van der Waals surface area (Å²) in [6.07, 6.45) is 0.395. The number of alkyl halides is 2. The number of carbonyl (C=O) groups is 2. The highest BCUT2D eigenvalue weighted by Gasteiger charge is 2.67. The third kappa shape index (κ3) is 2.11. The fraction of sp³-hybridized carbons (Fsp3) is 0.455. The monoisotopic (exact) mass is 307 g/mol. The first kappa shape index (κ1) is 13.6. The van der Waals surface area contributed by atoms with Gasteiger partial charge in [-0.2, -0.15) is 0 Å². The molecule has 1 fully saturated rings. The quantitative estimate of drug-likeness (QED) is 0.690. The number of ether oxygens (including phenoxy) is 1. The molecule has 98 valence electrons. The second-order valence-electron chi connectivity index (χ2n) is 4.32. The molecule has 7 heteroatoms. The number of rotatable bonds is 3. The third-order valence-corrected chi connectivity index (χ3v) is 5.04. The summed E-state index contributed by atoms with van der Waals surface area (Å²) in [6, 6.07) is 1.64. The van der Waals surface area contributed by atoms with E-state index in [4.69, 9.17) is 23.2 Å². The van der Waals surface area contributed by atoms with Crippen LogP contribution in [-0.4, -0.2) is 23.3 Å². The van der Waals surface area contributed by atoms with E-state index in [1.807, 2.05) is 0 Å². The Morgan fingerprint density at radius 2 is 2.11 bits per heavy atom. The number of carbonyl (C=O) groups excluding carboxylic acids is 2. The number of amides is 1. The Morgan fingerprint density at radius 3 is 2.61 bits per heavy atom. The van der Waals surface area contributed by atoms with Gasteiger partial charge in [-0.1, -0.05) is 0 Å². The van der Waals surface area contributed by atoms with Crippen molar-refractivity contribution in [3.05, 3.63) is 16.3 Å². The molecule has 0 radical (unpaired) electrons. The Hall–Kier alpha value is -0.780. The van der Waals surface area contributed by atoms with Crippen molar-refractivity contribution >= 4 is 52.1 Å². The van der Waals surface area contributed by atoms with Crippen LogP contribution in [0.25, 0.3) is 0 Å². The molecule has 0 saturated heterocycles. The van der Waals surface area contributed by atoms with Crippen molar-refractivity contribution in [1.29, 1.82) is 0 Å². The predicted molar refractivity (Wildman–Crippen MR) is 71.4 cm³/mol. The van der Waals surface area contributed by atoms with E-state index in [0.29, 0.717) is 17.0 Å². The molecule has 4 nitrogen and oxygen atoms in total. The van der Waals surface area contributed by atoms with Gasteiger partial charge in [0.2, 0.25) is 5.91 Å². The maximum absolute atomic E-state index is 12.0. The van der Waals surface area contributed by atoms with Crippen molar-refractivity contribution < 1.29 is 14.3 Å². The van der Waals surface area contributed by atoms with Crippen molar-refractivity contribution in [2.45, 2.75) is 17.7 Å². The second-order valence-corrected chi connectivity index (χ2v) is 6.72. The van der Waals surface area contributed by atoms with Gasteiger partial charge in [-0.3, -0.25) is 4.79 Å². The molecule has 1 aromatic rings. The standard InChI is InChI=1S/C11H11Cl2NO3S/c1-10(5-11(10,12)13)9(16)14-6-3-4-18-7(6)8(15)17-2/h3-4H,5H2,1-2H3,(H,14,16)/t10-/m1/s1. The van der Waals surface area contributed by atoms with Crippen LogP contribution in [0.1, 0.15) is 23.0 Å². The summed E-state index contributed by atoms with van der Waals surface area (Å²) < 4.78 is 3.60. The molecule has 1 amide bonds. The van der Waals surface area contributed by atoms with Gasteiger partial charge >= 0.3 is 5.97 Å². The number of nitrogens with one attached hydrogen (secondary N) is 1. The van der Waals surface area contributed by atoms with E-state index in [0.717, 1.165) is 0 Å². The molecule has 1 heterocycles. The molecule has 0 spiro atoms. The Balaban J connectivity index is 2.14. The van der Waals surface area contributed by atoms with E-state index in [1.54, 1.807) is 18.4 Å². The van der Waals surface area contributed by atoms with Gasteiger partial charge in [0.05, 0.1) is 18.2 Å². The van der Waals surface area contributed by atoms with Gasteiger partial charge in [0.25, 0.3) is 0 Å². The van der Waals surface area contributed by atoms with Gasteiger partial charge in [-0.25, -0.2) is 4.79 Å². The molecule has 1 aliphatic carbocycles. The lowest BCUT2D eigenvalue weighted by Gasteiger charge is -2.12. The van der Waals surface area contributed by atoms with E-state index < -0.39 is 15.7 Å². The Labute approximate surface area is 118 Å². The molecule has 2 rings (SSSR count). The zero-order valence-corrected chi connectivity index (χ0v) is 12.1. The van der Waals surface area contributed by atoms with E-state index in [2.05, 4.69) is 10.1 Å². The van der Waals surface area contributed by atoms with Crippen molar-refractivity contribution in [3.63, 3.8) is 0 Å². The van der Waals surface area contributed by atoms with Crippen molar-refractivity contribution in [2.24, 2.45) is 5.41 Å². The molecule has 1 saturated carbocycles. The molecule has 0 unspecified atom stereocenters. The molecular weight excluding hydrogens is 297 g/mol. The first-order valence-corrected chi connectivity index (χ1v) is 6.80. The van der Waals surface area contributed by atoms with Crippen LogP contribution < -0.4 is 5.32 Å². The van der Waals surface area contributed by atoms with E-state index >= 15 is 0 Å².